The van der Waals surface area contributed by atoms with Crippen molar-refractivity contribution in [1.82, 2.24) is 0 Å². The Bertz CT molecular complexity index is 575. The lowest BCUT2D eigenvalue weighted by Crippen LogP contribution is -2.56. The van der Waals surface area contributed by atoms with Crippen LogP contribution in [0.15, 0.2) is 23.8 Å². The highest BCUT2D eigenvalue weighted by Crippen LogP contribution is 2.63. The Morgan fingerprint density at radius 2 is 2.09 bits per heavy atom. The van der Waals surface area contributed by atoms with E-state index in [1.165, 1.54) is 5.57 Å². The molecule has 0 aromatic carbocycles. The summed E-state index contributed by atoms with van der Waals surface area (Å²) in [7, 11) is 0. The average molecular weight is 316 g/mol. The number of rotatable bonds is 2. The largest absolute Gasteiger partial charge is 0.457 e. The SMILES string of the molecule is C=C1CCCC2C1(C)CCC(C)C2(C)C1C=C(C=O)CC(=O)O1. The second-order valence-electron chi connectivity index (χ2n) is 8.22. The molecule has 3 aliphatic rings. The minimum atomic E-state index is -0.297. The third kappa shape index (κ3) is 2.40. The fourth-order valence-electron chi connectivity index (χ4n) is 5.39. The number of ether oxygens (including phenoxy) is 1. The van der Waals surface area contributed by atoms with Crippen LogP contribution in [0.3, 0.4) is 0 Å². The topological polar surface area (TPSA) is 43.4 Å². The van der Waals surface area contributed by atoms with Crippen molar-refractivity contribution < 1.29 is 14.3 Å². The molecule has 5 atom stereocenters. The minimum absolute atomic E-state index is 0.110. The lowest BCUT2D eigenvalue weighted by molar-refractivity contribution is -0.169. The highest BCUT2D eigenvalue weighted by Gasteiger charge is 2.58. The van der Waals surface area contributed by atoms with Crippen molar-refractivity contribution in [2.24, 2.45) is 22.7 Å². The number of hydrogen-bond acceptors (Lipinski definition) is 3. The maximum absolute atomic E-state index is 12.0. The summed E-state index contributed by atoms with van der Waals surface area (Å²) in [5.41, 5.74) is 1.91. The molecule has 3 heteroatoms. The Labute approximate surface area is 139 Å². The van der Waals surface area contributed by atoms with Gasteiger partial charge in [0.05, 0.1) is 6.42 Å². The van der Waals surface area contributed by atoms with Gasteiger partial charge in [-0.3, -0.25) is 9.59 Å². The minimum Gasteiger partial charge on any atom is -0.457 e. The summed E-state index contributed by atoms with van der Waals surface area (Å²) in [6.07, 6.45) is 8.22. The van der Waals surface area contributed by atoms with E-state index in [9.17, 15) is 9.59 Å². The van der Waals surface area contributed by atoms with E-state index in [2.05, 4.69) is 27.4 Å². The standard InChI is InChI=1S/C20H28O3/c1-13-6-5-7-16-19(13,3)9-8-14(2)20(16,4)17-10-15(12-21)11-18(22)23-17/h10,12,14,16-17H,1,5-9,11H2,2-4H3. The molecule has 23 heavy (non-hydrogen) atoms. The molecule has 0 N–H and O–H groups in total. The van der Waals surface area contributed by atoms with Crippen molar-refractivity contribution in [3.63, 3.8) is 0 Å². The monoisotopic (exact) mass is 316 g/mol. The number of carbonyl (C=O) groups excluding carboxylic acids is 2. The first-order valence-electron chi connectivity index (χ1n) is 8.86. The molecule has 0 aromatic rings. The summed E-state index contributed by atoms with van der Waals surface area (Å²) in [5, 5.41) is 0. The van der Waals surface area contributed by atoms with Crippen LogP contribution in [0.2, 0.25) is 0 Å². The quantitative estimate of drug-likeness (QED) is 0.435. The van der Waals surface area contributed by atoms with Gasteiger partial charge < -0.3 is 4.74 Å². The van der Waals surface area contributed by atoms with Crippen LogP contribution in [0.5, 0.6) is 0 Å². The number of carbonyl (C=O) groups is 2. The van der Waals surface area contributed by atoms with Crippen molar-refractivity contribution in [2.75, 3.05) is 0 Å². The first kappa shape index (κ1) is 16.5. The van der Waals surface area contributed by atoms with Gasteiger partial charge in [-0.2, -0.15) is 0 Å². The Morgan fingerprint density at radius 3 is 2.78 bits per heavy atom. The molecular weight excluding hydrogens is 288 g/mol. The van der Waals surface area contributed by atoms with E-state index < -0.39 is 0 Å². The second kappa shape index (κ2) is 5.61. The van der Waals surface area contributed by atoms with Crippen molar-refractivity contribution in [1.29, 1.82) is 0 Å². The maximum atomic E-state index is 12.0. The number of fused-ring (bicyclic) bond motifs is 1. The predicted molar refractivity (Wildman–Crippen MR) is 89.7 cm³/mol. The van der Waals surface area contributed by atoms with Gasteiger partial charge in [-0.15, -0.1) is 0 Å². The summed E-state index contributed by atoms with van der Waals surface area (Å²) < 4.78 is 5.76. The third-order valence-corrected chi connectivity index (χ3v) is 7.19. The molecule has 3 rings (SSSR count). The molecule has 0 amide bonds. The lowest BCUT2D eigenvalue weighted by atomic mass is 9.45. The van der Waals surface area contributed by atoms with Crippen molar-refractivity contribution >= 4 is 12.3 Å². The zero-order valence-corrected chi connectivity index (χ0v) is 14.6. The molecule has 1 heterocycles. The van der Waals surface area contributed by atoms with E-state index in [0.29, 0.717) is 17.4 Å². The van der Waals surface area contributed by atoms with Crippen LogP contribution < -0.4 is 0 Å². The Hall–Kier alpha value is -1.38. The third-order valence-electron chi connectivity index (χ3n) is 7.19. The number of cyclic esters (lactones) is 1. The Balaban J connectivity index is 2.04. The molecule has 5 unspecified atom stereocenters. The Morgan fingerprint density at radius 1 is 1.35 bits per heavy atom. The molecule has 0 bridgehead atoms. The maximum Gasteiger partial charge on any atom is 0.310 e. The van der Waals surface area contributed by atoms with E-state index in [1.807, 2.05) is 6.08 Å². The highest BCUT2D eigenvalue weighted by molar-refractivity contribution is 5.86. The molecule has 0 aromatic heterocycles. The predicted octanol–water partition coefficient (Wildman–Crippen LogP) is 4.23. The molecule has 0 spiro atoms. The summed E-state index contributed by atoms with van der Waals surface area (Å²) in [6, 6.07) is 0. The Kier molecular flexibility index (Phi) is 4.02. The van der Waals surface area contributed by atoms with Gasteiger partial charge in [0.15, 0.2) is 0 Å². The van der Waals surface area contributed by atoms with Gasteiger partial charge in [0, 0.05) is 11.0 Å². The van der Waals surface area contributed by atoms with E-state index in [0.717, 1.165) is 38.4 Å². The smallest absolute Gasteiger partial charge is 0.310 e. The molecule has 0 saturated heterocycles. The van der Waals surface area contributed by atoms with Gasteiger partial charge in [-0.25, -0.2) is 0 Å². The van der Waals surface area contributed by atoms with Gasteiger partial charge in [-0.05, 0) is 55.4 Å². The summed E-state index contributed by atoms with van der Waals surface area (Å²) in [4.78, 5) is 23.2. The van der Waals surface area contributed by atoms with E-state index in [1.54, 1.807) is 0 Å². The van der Waals surface area contributed by atoms with Crippen molar-refractivity contribution in [3.05, 3.63) is 23.8 Å². The van der Waals surface area contributed by atoms with Gasteiger partial charge >= 0.3 is 5.97 Å². The van der Waals surface area contributed by atoms with Crippen LogP contribution in [0.25, 0.3) is 0 Å². The normalized spacial score (nSPS) is 44.1. The fraction of sp³-hybridized carbons (Fsp3) is 0.700. The molecule has 126 valence electrons. The van der Waals surface area contributed by atoms with Gasteiger partial charge in [-0.1, -0.05) is 32.9 Å². The van der Waals surface area contributed by atoms with Gasteiger partial charge in [0.25, 0.3) is 0 Å². The van der Waals surface area contributed by atoms with Crippen molar-refractivity contribution in [3.8, 4) is 0 Å². The van der Waals surface area contributed by atoms with Crippen LogP contribution in [0, 0.1) is 22.7 Å². The van der Waals surface area contributed by atoms with Crippen LogP contribution in [-0.2, 0) is 14.3 Å². The van der Waals surface area contributed by atoms with Gasteiger partial charge in [0.2, 0.25) is 0 Å². The van der Waals surface area contributed by atoms with E-state index >= 15 is 0 Å². The molecule has 2 fully saturated rings. The summed E-state index contributed by atoms with van der Waals surface area (Å²) in [5.74, 6) is 0.626. The first-order chi connectivity index (χ1) is 10.8. The zero-order chi connectivity index (χ0) is 16.8. The summed E-state index contributed by atoms with van der Waals surface area (Å²) >= 11 is 0. The van der Waals surface area contributed by atoms with E-state index in [4.69, 9.17) is 4.74 Å². The van der Waals surface area contributed by atoms with Crippen molar-refractivity contribution in [2.45, 2.75) is 65.4 Å². The zero-order valence-electron chi connectivity index (χ0n) is 14.6. The number of hydrogen-bond donors (Lipinski definition) is 0. The summed E-state index contributed by atoms with van der Waals surface area (Å²) in [6.45, 7) is 11.3. The molecule has 0 radical (unpaired) electrons. The second-order valence-corrected chi connectivity index (χ2v) is 8.22. The van der Waals surface area contributed by atoms with Crippen LogP contribution in [0.1, 0.15) is 59.3 Å². The van der Waals surface area contributed by atoms with Crippen LogP contribution >= 0.6 is 0 Å². The van der Waals surface area contributed by atoms with Gasteiger partial charge in [0.1, 0.15) is 12.4 Å². The molecule has 3 nitrogen and oxygen atoms in total. The molecular formula is C20H28O3. The molecule has 2 aliphatic carbocycles. The molecule has 2 saturated carbocycles. The molecule has 1 aliphatic heterocycles. The van der Waals surface area contributed by atoms with Crippen LogP contribution in [-0.4, -0.2) is 18.4 Å². The number of aldehydes is 1. The number of allylic oxidation sites excluding steroid dienone is 1. The lowest BCUT2D eigenvalue weighted by Gasteiger charge is -2.60. The highest BCUT2D eigenvalue weighted by atomic mass is 16.5. The average Bonchev–Trinajstić information content (AvgIpc) is 2.53. The van der Waals surface area contributed by atoms with Crippen LogP contribution in [0.4, 0.5) is 0 Å². The fourth-order valence-corrected chi connectivity index (χ4v) is 5.39. The van der Waals surface area contributed by atoms with E-state index in [-0.39, 0.29) is 29.3 Å². The first-order valence-corrected chi connectivity index (χ1v) is 8.86. The number of esters is 1.